The minimum Gasteiger partial charge on any atom is -0.331 e. The molecule has 0 rings (SSSR count). The fourth-order valence-electron chi connectivity index (χ4n) is 0.721. The Morgan fingerprint density at radius 3 is 1.26 bits per heavy atom. The van der Waals surface area contributed by atoms with Gasteiger partial charge in [-0.25, -0.2) is 0 Å². The highest BCUT2D eigenvalue weighted by molar-refractivity contribution is 5.17. The molecule has 0 aliphatic heterocycles. The van der Waals surface area contributed by atoms with Crippen LogP contribution in [0, 0.1) is 12.1 Å². The van der Waals surface area contributed by atoms with Crippen LogP contribution in [0.3, 0.4) is 0 Å². The van der Waals surface area contributed by atoms with Gasteiger partial charge in [-0.1, -0.05) is 0 Å². The van der Waals surface area contributed by atoms with Crippen molar-refractivity contribution < 1.29 is 53.4 Å². The van der Waals surface area contributed by atoms with Crippen LogP contribution in [0.1, 0.15) is 0 Å². The third-order valence-electron chi connectivity index (χ3n) is 1.77. The van der Waals surface area contributed by atoms with Crippen LogP contribution >= 0.6 is 0 Å². The van der Waals surface area contributed by atoms with Gasteiger partial charge < -0.3 is 5.11 Å². The van der Waals surface area contributed by atoms with Gasteiger partial charge in [-0.05, 0) is 0 Å². The van der Waals surface area contributed by atoms with Crippen molar-refractivity contribution in [1.29, 1.82) is 0 Å². The Morgan fingerprint density at radius 1 is 0.632 bits per heavy atom. The summed E-state index contributed by atoms with van der Waals surface area (Å²) >= 11 is 0. The van der Waals surface area contributed by atoms with Gasteiger partial charge in [0.1, 0.15) is 6.17 Å². The Morgan fingerprint density at radius 2 is 1.00 bits per heavy atom. The van der Waals surface area contributed by atoms with Crippen molar-refractivity contribution in [1.82, 2.24) is 0 Å². The van der Waals surface area contributed by atoms with Gasteiger partial charge >= 0.3 is 29.8 Å². The van der Waals surface area contributed by atoms with Crippen LogP contribution in [-0.2, 0) is 0 Å². The van der Waals surface area contributed by atoms with E-state index in [1.807, 2.05) is 0 Å². The van der Waals surface area contributed by atoms with Gasteiger partial charge in [-0.2, -0.15) is 43.9 Å². The third-order valence-corrected chi connectivity index (χ3v) is 1.77. The van der Waals surface area contributed by atoms with Crippen molar-refractivity contribution in [3.05, 3.63) is 0 Å². The van der Waals surface area contributed by atoms with E-state index in [0.29, 0.717) is 0 Å². The topological polar surface area (TPSA) is 20.2 Å². The Balaban J connectivity index is 5.96. The lowest BCUT2D eigenvalue weighted by Crippen LogP contribution is -2.67. The zero-order valence-electron chi connectivity index (χ0n) is 8.10. The first kappa shape index (κ1) is 17.8. The molecular formula is C7HF11O. The molecule has 0 fully saturated rings. The molecule has 0 spiro atoms. The van der Waals surface area contributed by atoms with Gasteiger partial charge in [0.25, 0.3) is 0 Å². The second kappa shape index (κ2) is 4.39. The third kappa shape index (κ3) is 2.43. The lowest BCUT2D eigenvalue weighted by atomic mass is 9.98. The maximum Gasteiger partial charge on any atom is 0.423 e. The highest BCUT2D eigenvalue weighted by atomic mass is 19.4. The molecule has 0 saturated heterocycles. The van der Waals surface area contributed by atoms with E-state index >= 15 is 0 Å². The summed E-state index contributed by atoms with van der Waals surface area (Å²) in [5, 5.41) is 7.39. The molecule has 0 unspecified atom stereocenters. The molecule has 0 atom stereocenters. The van der Waals surface area contributed by atoms with E-state index in [2.05, 4.69) is 0 Å². The zero-order valence-corrected chi connectivity index (χ0v) is 8.10. The Hall–Kier alpha value is -1.25. The molecule has 0 aromatic rings. The molecule has 0 aromatic heterocycles. The van der Waals surface area contributed by atoms with Crippen LogP contribution in [0.25, 0.3) is 0 Å². The largest absolute Gasteiger partial charge is 0.423 e. The monoisotopic (exact) mass is 310 g/mol. The summed E-state index contributed by atoms with van der Waals surface area (Å²) < 4.78 is 134. The fraction of sp³-hybridized carbons (Fsp3) is 0.714. The van der Waals surface area contributed by atoms with Crippen molar-refractivity contribution in [2.75, 3.05) is 0 Å². The average molecular weight is 310 g/mol. The lowest BCUT2D eigenvalue weighted by Gasteiger charge is -2.35. The summed E-state index contributed by atoms with van der Waals surface area (Å²) in [5.41, 5.74) is 0. The molecule has 0 aliphatic rings. The number of alkyl halides is 10. The minimum atomic E-state index is -7.43. The maximum absolute atomic E-state index is 12.5. The summed E-state index contributed by atoms with van der Waals surface area (Å²) in [5.74, 6) is -28.7. The van der Waals surface area contributed by atoms with Crippen LogP contribution in [0.4, 0.5) is 48.3 Å². The molecule has 0 amide bonds. The predicted octanol–water partition coefficient (Wildman–Crippen LogP) is 3.04. The minimum absolute atomic E-state index is 0.432. The van der Waals surface area contributed by atoms with E-state index in [0.717, 1.165) is 0 Å². The van der Waals surface area contributed by atoms with Gasteiger partial charge in [0.2, 0.25) is 0 Å². The van der Waals surface area contributed by atoms with Crippen LogP contribution in [0.2, 0.25) is 0 Å². The van der Waals surface area contributed by atoms with Crippen LogP contribution in [0.15, 0.2) is 0 Å². The smallest absolute Gasteiger partial charge is 0.331 e. The van der Waals surface area contributed by atoms with E-state index in [1.54, 1.807) is 0 Å². The first-order chi connectivity index (χ1) is 8.06. The number of aliphatic hydroxyl groups is 1. The van der Waals surface area contributed by atoms with Crippen molar-refractivity contribution in [3.8, 4) is 12.1 Å². The quantitative estimate of drug-likeness (QED) is 0.625. The molecule has 0 radical (unpaired) electrons. The Bertz CT molecular complexity index is 395. The van der Waals surface area contributed by atoms with E-state index < -0.39 is 41.9 Å². The Kier molecular flexibility index (Phi) is 4.11. The molecule has 0 aromatic carbocycles. The van der Waals surface area contributed by atoms with Crippen molar-refractivity contribution in [3.63, 3.8) is 0 Å². The summed E-state index contributed by atoms with van der Waals surface area (Å²) in [6, 6.07) is 0. The first-order valence-corrected chi connectivity index (χ1v) is 3.80. The standard InChI is InChI=1S/C7HF11O/c8-2-1-3(9,10)4(11,12)5(13,14)6(15,16)7(17,18)19/h19H. The first-order valence-electron chi connectivity index (χ1n) is 3.80. The SMILES string of the molecule is OC(F)(F)C(F)(F)C(F)(F)C(F)(F)C(F)(F)C#CF. The summed E-state index contributed by atoms with van der Waals surface area (Å²) in [4.78, 5) is 0. The van der Waals surface area contributed by atoms with Crippen LogP contribution in [-0.4, -0.2) is 34.9 Å². The second-order valence-electron chi connectivity index (χ2n) is 3.06. The highest BCUT2D eigenvalue weighted by Crippen LogP contribution is 2.56. The van der Waals surface area contributed by atoms with Gasteiger partial charge in [0.05, 0.1) is 0 Å². The van der Waals surface area contributed by atoms with Crippen molar-refractivity contribution in [2.24, 2.45) is 0 Å². The predicted molar refractivity (Wildman–Crippen MR) is 35.8 cm³/mol. The fourth-order valence-corrected chi connectivity index (χ4v) is 0.721. The molecule has 1 N–H and O–H groups in total. The maximum atomic E-state index is 12.5. The summed E-state index contributed by atoms with van der Waals surface area (Å²) in [6.45, 7) is 0. The van der Waals surface area contributed by atoms with E-state index in [-0.39, 0.29) is 0 Å². The molecule has 0 bridgehead atoms. The average Bonchev–Trinajstić information content (AvgIpc) is 2.14. The van der Waals surface area contributed by atoms with Gasteiger partial charge in [0.15, 0.2) is 0 Å². The molecule has 0 heterocycles. The normalized spacial score (nSPS) is 14.9. The van der Waals surface area contributed by atoms with Gasteiger partial charge in [-0.15, -0.1) is 4.39 Å². The lowest BCUT2D eigenvalue weighted by molar-refractivity contribution is -0.432. The number of hydrogen-bond acceptors (Lipinski definition) is 1. The van der Waals surface area contributed by atoms with Crippen LogP contribution < -0.4 is 0 Å². The molecule has 112 valence electrons. The number of hydrogen-bond donors (Lipinski definition) is 1. The van der Waals surface area contributed by atoms with Crippen LogP contribution in [0.5, 0.6) is 0 Å². The van der Waals surface area contributed by atoms with Crippen molar-refractivity contribution in [2.45, 2.75) is 29.8 Å². The van der Waals surface area contributed by atoms with Gasteiger partial charge in [-0.3, -0.25) is 0 Å². The second-order valence-corrected chi connectivity index (χ2v) is 3.06. The molecule has 0 saturated carbocycles. The number of halogens is 11. The summed E-state index contributed by atoms with van der Waals surface area (Å²) in [6.07, 6.45) is -7.17. The Labute approximate surface area is 96.5 Å². The number of rotatable bonds is 4. The molecule has 0 aliphatic carbocycles. The highest BCUT2D eigenvalue weighted by Gasteiger charge is 2.86. The molecular weight excluding hydrogens is 309 g/mol. The van der Waals surface area contributed by atoms with E-state index in [9.17, 15) is 48.3 Å². The van der Waals surface area contributed by atoms with E-state index in [4.69, 9.17) is 5.11 Å². The zero-order chi connectivity index (χ0) is 15.9. The van der Waals surface area contributed by atoms with E-state index in [1.165, 1.54) is 0 Å². The molecule has 1 nitrogen and oxygen atoms in total. The van der Waals surface area contributed by atoms with Crippen molar-refractivity contribution >= 4 is 0 Å². The van der Waals surface area contributed by atoms with Gasteiger partial charge in [0, 0.05) is 5.92 Å². The molecule has 12 heteroatoms. The summed E-state index contributed by atoms with van der Waals surface area (Å²) in [7, 11) is 0. The molecule has 19 heavy (non-hydrogen) atoms.